The van der Waals surface area contributed by atoms with Crippen LogP contribution in [-0.2, 0) is 4.79 Å². The van der Waals surface area contributed by atoms with E-state index in [1.807, 2.05) is 31.2 Å². The first-order chi connectivity index (χ1) is 12.6. The normalized spacial score (nSPS) is 11.9. The fourth-order valence-electron chi connectivity index (χ4n) is 2.62. The molecule has 1 heterocycles. The van der Waals surface area contributed by atoms with Crippen molar-refractivity contribution in [2.45, 2.75) is 25.8 Å². The number of aromatic amines is 1. The van der Waals surface area contributed by atoms with Gasteiger partial charge in [-0.1, -0.05) is 37.1 Å². The fourth-order valence-corrected chi connectivity index (χ4v) is 2.74. The van der Waals surface area contributed by atoms with Gasteiger partial charge in [0.2, 0.25) is 11.9 Å². The second kappa shape index (κ2) is 8.01. The molecule has 6 nitrogen and oxygen atoms in total. The number of anilines is 1. The van der Waals surface area contributed by atoms with Gasteiger partial charge in [0.25, 0.3) is 5.91 Å². The van der Waals surface area contributed by atoms with Crippen molar-refractivity contribution in [2.24, 2.45) is 0 Å². The number of amides is 2. The number of halogens is 1. The first-order valence-corrected chi connectivity index (χ1v) is 8.76. The lowest BCUT2D eigenvalue weighted by atomic mass is 10.1. The van der Waals surface area contributed by atoms with Crippen molar-refractivity contribution >= 4 is 40.4 Å². The molecule has 0 saturated heterocycles. The number of aromatic nitrogens is 2. The van der Waals surface area contributed by atoms with Gasteiger partial charge in [-0.3, -0.25) is 14.9 Å². The molecule has 26 heavy (non-hydrogen) atoms. The molecule has 0 fully saturated rings. The standard InChI is InChI=1S/C19H19ClN4O2/c1-2-5-16(21-17(25)12-8-10-13(20)11-9-12)18(26)24-19-22-14-6-3-4-7-15(14)23-19/h3-4,6-11,16H,2,5H2,1H3,(H,21,25)(H2,22,23,24,26). The zero-order valence-corrected chi connectivity index (χ0v) is 15.0. The molecular weight excluding hydrogens is 352 g/mol. The lowest BCUT2D eigenvalue weighted by Crippen LogP contribution is -2.43. The Bertz CT molecular complexity index is 888. The van der Waals surface area contributed by atoms with E-state index < -0.39 is 6.04 Å². The maximum absolute atomic E-state index is 12.6. The molecule has 0 aliphatic rings. The predicted molar refractivity (Wildman–Crippen MR) is 102 cm³/mol. The van der Waals surface area contributed by atoms with Gasteiger partial charge in [-0.15, -0.1) is 0 Å². The summed E-state index contributed by atoms with van der Waals surface area (Å²) in [7, 11) is 0. The zero-order chi connectivity index (χ0) is 18.5. The van der Waals surface area contributed by atoms with Crippen LogP contribution < -0.4 is 10.6 Å². The molecule has 1 atom stereocenters. The average molecular weight is 371 g/mol. The van der Waals surface area contributed by atoms with E-state index in [9.17, 15) is 9.59 Å². The highest BCUT2D eigenvalue weighted by atomic mass is 35.5. The van der Waals surface area contributed by atoms with Crippen molar-refractivity contribution in [2.75, 3.05) is 5.32 Å². The molecule has 2 amide bonds. The van der Waals surface area contributed by atoms with E-state index in [0.29, 0.717) is 23.0 Å². The number of hydrogen-bond acceptors (Lipinski definition) is 3. The van der Waals surface area contributed by atoms with Crippen molar-refractivity contribution in [1.82, 2.24) is 15.3 Å². The number of nitrogens with zero attached hydrogens (tertiary/aromatic N) is 1. The summed E-state index contributed by atoms with van der Waals surface area (Å²) >= 11 is 5.84. The van der Waals surface area contributed by atoms with E-state index in [2.05, 4.69) is 20.6 Å². The Hall–Kier alpha value is -2.86. The lowest BCUT2D eigenvalue weighted by molar-refractivity contribution is -0.118. The van der Waals surface area contributed by atoms with Crippen LogP contribution in [0.2, 0.25) is 5.02 Å². The zero-order valence-electron chi connectivity index (χ0n) is 14.3. The summed E-state index contributed by atoms with van der Waals surface area (Å²) in [6.07, 6.45) is 1.27. The van der Waals surface area contributed by atoms with Crippen molar-refractivity contribution in [3.8, 4) is 0 Å². The summed E-state index contributed by atoms with van der Waals surface area (Å²) in [5, 5.41) is 6.06. The molecule has 3 aromatic rings. The first kappa shape index (κ1) is 17.9. The van der Waals surface area contributed by atoms with Crippen molar-refractivity contribution < 1.29 is 9.59 Å². The van der Waals surface area contributed by atoms with Crippen LogP contribution in [0.25, 0.3) is 11.0 Å². The summed E-state index contributed by atoms with van der Waals surface area (Å²) < 4.78 is 0. The number of carbonyl (C=O) groups excluding carboxylic acids is 2. The molecule has 0 aliphatic heterocycles. The molecule has 0 spiro atoms. The first-order valence-electron chi connectivity index (χ1n) is 8.39. The van der Waals surface area contributed by atoms with E-state index in [0.717, 1.165) is 17.5 Å². The minimum Gasteiger partial charge on any atom is -0.340 e. The Morgan fingerprint density at radius 3 is 2.58 bits per heavy atom. The lowest BCUT2D eigenvalue weighted by Gasteiger charge is -2.17. The third-order valence-electron chi connectivity index (χ3n) is 3.94. The van der Waals surface area contributed by atoms with Crippen LogP contribution in [0.3, 0.4) is 0 Å². The highest BCUT2D eigenvalue weighted by Crippen LogP contribution is 2.14. The van der Waals surface area contributed by atoms with Gasteiger partial charge in [0.05, 0.1) is 11.0 Å². The monoisotopic (exact) mass is 370 g/mol. The molecule has 3 rings (SSSR count). The van der Waals surface area contributed by atoms with E-state index in [1.54, 1.807) is 24.3 Å². The second-order valence-electron chi connectivity index (χ2n) is 5.91. The number of carbonyl (C=O) groups is 2. The van der Waals surface area contributed by atoms with Gasteiger partial charge >= 0.3 is 0 Å². The third kappa shape index (κ3) is 4.21. The van der Waals surface area contributed by atoms with Crippen molar-refractivity contribution in [1.29, 1.82) is 0 Å². The number of rotatable bonds is 6. The van der Waals surface area contributed by atoms with E-state index >= 15 is 0 Å². The van der Waals surface area contributed by atoms with Gasteiger partial charge in [0.1, 0.15) is 6.04 Å². The Morgan fingerprint density at radius 1 is 1.15 bits per heavy atom. The summed E-state index contributed by atoms with van der Waals surface area (Å²) in [5.74, 6) is -0.272. The Morgan fingerprint density at radius 2 is 1.88 bits per heavy atom. The van der Waals surface area contributed by atoms with Gasteiger partial charge in [0.15, 0.2) is 0 Å². The van der Waals surface area contributed by atoms with E-state index in [4.69, 9.17) is 11.6 Å². The molecule has 7 heteroatoms. The van der Waals surface area contributed by atoms with Gasteiger partial charge in [-0.25, -0.2) is 4.98 Å². The van der Waals surface area contributed by atoms with Gasteiger partial charge < -0.3 is 10.3 Å². The number of fused-ring (bicyclic) bond motifs is 1. The van der Waals surface area contributed by atoms with Gasteiger partial charge in [0, 0.05) is 10.6 Å². The number of nitrogens with one attached hydrogen (secondary N) is 3. The summed E-state index contributed by atoms with van der Waals surface area (Å²) in [6, 6.07) is 13.4. The summed E-state index contributed by atoms with van der Waals surface area (Å²) in [5.41, 5.74) is 2.05. The fraction of sp³-hybridized carbons (Fsp3) is 0.211. The minimum absolute atomic E-state index is 0.312. The highest BCUT2D eigenvalue weighted by Gasteiger charge is 2.21. The molecule has 0 saturated carbocycles. The Kier molecular flexibility index (Phi) is 5.53. The molecule has 2 aromatic carbocycles. The van der Waals surface area contributed by atoms with E-state index in [1.165, 1.54) is 0 Å². The number of hydrogen-bond donors (Lipinski definition) is 3. The molecule has 134 valence electrons. The number of para-hydroxylation sites is 2. The largest absolute Gasteiger partial charge is 0.340 e. The van der Waals surface area contributed by atoms with Crippen molar-refractivity contribution in [3.05, 3.63) is 59.1 Å². The average Bonchev–Trinajstić information content (AvgIpc) is 3.04. The number of imidazole rings is 1. The molecule has 3 N–H and O–H groups in total. The molecule has 0 bridgehead atoms. The van der Waals surface area contributed by atoms with Gasteiger partial charge in [-0.2, -0.15) is 0 Å². The molecule has 0 aliphatic carbocycles. The van der Waals surface area contributed by atoms with Crippen LogP contribution in [0.4, 0.5) is 5.95 Å². The summed E-state index contributed by atoms with van der Waals surface area (Å²) in [6.45, 7) is 1.95. The quantitative estimate of drug-likeness (QED) is 0.617. The topological polar surface area (TPSA) is 86.9 Å². The van der Waals surface area contributed by atoms with Crippen LogP contribution in [0, 0.1) is 0 Å². The predicted octanol–water partition coefficient (Wildman–Crippen LogP) is 3.75. The van der Waals surface area contributed by atoms with Gasteiger partial charge in [-0.05, 0) is 42.8 Å². The SMILES string of the molecule is CCCC(NC(=O)c1ccc(Cl)cc1)C(=O)Nc1nc2ccccc2[nH]1. The maximum atomic E-state index is 12.6. The second-order valence-corrected chi connectivity index (χ2v) is 6.35. The van der Waals surface area contributed by atoms with E-state index in [-0.39, 0.29) is 11.8 Å². The highest BCUT2D eigenvalue weighted by molar-refractivity contribution is 6.30. The van der Waals surface area contributed by atoms with Crippen molar-refractivity contribution in [3.63, 3.8) is 0 Å². The number of H-pyrrole nitrogens is 1. The minimum atomic E-state index is -0.656. The Balaban J connectivity index is 1.70. The molecule has 1 aromatic heterocycles. The molecular formula is C19H19ClN4O2. The van der Waals surface area contributed by atoms with Crippen LogP contribution in [-0.4, -0.2) is 27.8 Å². The molecule has 0 radical (unpaired) electrons. The summed E-state index contributed by atoms with van der Waals surface area (Å²) in [4.78, 5) is 32.3. The maximum Gasteiger partial charge on any atom is 0.251 e. The van der Waals surface area contributed by atoms with Crippen LogP contribution >= 0.6 is 11.6 Å². The van der Waals surface area contributed by atoms with Crippen LogP contribution in [0.5, 0.6) is 0 Å². The van der Waals surface area contributed by atoms with Crippen LogP contribution in [0.1, 0.15) is 30.1 Å². The number of benzene rings is 2. The third-order valence-corrected chi connectivity index (χ3v) is 4.19. The Labute approximate surface area is 156 Å². The smallest absolute Gasteiger partial charge is 0.251 e. The molecule has 1 unspecified atom stereocenters. The van der Waals surface area contributed by atoms with Crippen LogP contribution in [0.15, 0.2) is 48.5 Å².